The van der Waals surface area contributed by atoms with Gasteiger partial charge in [-0.25, -0.2) is 0 Å². The van der Waals surface area contributed by atoms with Crippen molar-refractivity contribution in [1.29, 1.82) is 0 Å². The van der Waals surface area contributed by atoms with Gasteiger partial charge in [0.25, 0.3) is 0 Å². The molecule has 0 aliphatic heterocycles. The van der Waals surface area contributed by atoms with E-state index in [9.17, 15) is 0 Å². The zero-order valence-electron chi connectivity index (χ0n) is 10.8. The molecule has 0 radical (unpaired) electrons. The van der Waals surface area contributed by atoms with Crippen LogP contribution in [0.4, 0.5) is 0 Å². The lowest BCUT2D eigenvalue weighted by Gasteiger charge is -2.00. The molecule has 3 aromatic rings. The molecule has 5 heteroatoms. The molecular weight excluding hydrogens is 250 g/mol. The smallest absolute Gasteiger partial charge is 0.0926 e. The first-order valence-corrected chi connectivity index (χ1v) is 6.36. The summed E-state index contributed by atoms with van der Waals surface area (Å²) in [5, 5.41) is 9.22. The molecule has 0 bridgehead atoms. The highest BCUT2D eigenvalue weighted by molar-refractivity contribution is 5.78. The molecule has 20 heavy (non-hydrogen) atoms. The Morgan fingerprint density at radius 2 is 1.95 bits per heavy atom. The van der Waals surface area contributed by atoms with E-state index in [1.807, 2.05) is 47.3 Å². The maximum atomic E-state index is 8.35. The third-order valence-corrected chi connectivity index (χ3v) is 3.12. The highest BCUT2D eigenvalue weighted by Gasteiger charge is 2.02. The van der Waals surface area contributed by atoms with Gasteiger partial charge in [-0.05, 0) is 22.7 Å². The van der Waals surface area contributed by atoms with E-state index >= 15 is 0 Å². The van der Waals surface area contributed by atoms with Crippen molar-refractivity contribution >= 4 is 10.9 Å². The zero-order valence-corrected chi connectivity index (χ0v) is 10.8. The summed E-state index contributed by atoms with van der Waals surface area (Å²) in [7, 11) is 0. The molecule has 0 atom stereocenters. The van der Waals surface area contributed by atoms with Crippen LogP contribution in [0.3, 0.4) is 0 Å². The van der Waals surface area contributed by atoms with Gasteiger partial charge in [-0.2, -0.15) is 5.10 Å². The largest absolute Gasteiger partial charge is 0.267 e. The van der Waals surface area contributed by atoms with E-state index in [1.165, 1.54) is 5.56 Å². The highest BCUT2D eigenvalue weighted by Crippen LogP contribution is 2.16. The van der Waals surface area contributed by atoms with E-state index in [1.54, 1.807) is 0 Å². The maximum Gasteiger partial charge on any atom is 0.0926 e. The quantitative estimate of drug-likeness (QED) is 0.400. The van der Waals surface area contributed by atoms with Gasteiger partial charge in [-0.1, -0.05) is 47.6 Å². The molecule has 0 saturated heterocycles. The van der Waals surface area contributed by atoms with Gasteiger partial charge >= 0.3 is 0 Å². The molecule has 0 aliphatic rings. The van der Waals surface area contributed by atoms with E-state index < -0.39 is 0 Å². The minimum atomic E-state index is 0.359. The second kappa shape index (κ2) is 5.47. The average Bonchev–Trinajstić information content (AvgIpc) is 2.87. The van der Waals surface area contributed by atoms with Gasteiger partial charge in [0.2, 0.25) is 0 Å². The van der Waals surface area contributed by atoms with Crippen molar-refractivity contribution in [2.45, 2.75) is 13.1 Å². The van der Waals surface area contributed by atoms with Crippen LogP contribution in [-0.2, 0) is 13.1 Å². The standard InChI is InChI=1S/C15H13N5/c16-19-17-9-13-6-7-14-11-20(18-15(14)8-13)10-12-4-2-1-3-5-12/h1-8,11H,9-10H2. The zero-order chi connectivity index (χ0) is 13.8. The summed E-state index contributed by atoms with van der Waals surface area (Å²) in [5.41, 5.74) is 11.5. The number of fused-ring (bicyclic) bond motifs is 1. The van der Waals surface area contributed by atoms with Gasteiger partial charge in [0.05, 0.1) is 18.6 Å². The summed E-state index contributed by atoms with van der Waals surface area (Å²) in [6.45, 7) is 1.11. The number of hydrogen-bond donors (Lipinski definition) is 0. The van der Waals surface area contributed by atoms with Gasteiger partial charge in [0.1, 0.15) is 0 Å². The van der Waals surface area contributed by atoms with E-state index in [-0.39, 0.29) is 0 Å². The third kappa shape index (κ3) is 2.63. The van der Waals surface area contributed by atoms with Crippen molar-refractivity contribution < 1.29 is 0 Å². The predicted molar refractivity (Wildman–Crippen MR) is 78.1 cm³/mol. The number of hydrogen-bond acceptors (Lipinski definition) is 2. The van der Waals surface area contributed by atoms with Crippen molar-refractivity contribution in [1.82, 2.24) is 9.78 Å². The molecule has 0 unspecified atom stereocenters. The molecule has 0 N–H and O–H groups in total. The van der Waals surface area contributed by atoms with Crippen LogP contribution >= 0.6 is 0 Å². The third-order valence-electron chi connectivity index (χ3n) is 3.12. The van der Waals surface area contributed by atoms with Gasteiger partial charge < -0.3 is 0 Å². The van der Waals surface area contributed by atoms with Crippen LogP contribution in [0.15, 0.2) is 59.8 Å². The van der Waals surface area contributed by atoms with Crippen LogP contribution in [0, 0.1) is 0 Å². The normalized spacial score (nSPS) is 10.4. The first-order valence-electron chi connectivity index (χ1n) is 6.36. The van der Waals surface area contributed by atoms with E-state index in [0.29, 0.717) is 6.54 Å². The Labute approximate surface area is 116 Å². The molecule has 2 aromatic carbocycles. The number of azide groups is 1. The lowest BCUT2D eigenvalue weighted by molar-refractivity contribution is 0.695. The van der Waals surface area contributed by atoms with Crippen LogP contribution in [-0.4, -0.2) is 9.78 Å². The second-order valence-corrected chi connectivity index (χ2v) is 4.59. The van der Waals surface area contributed by atoms with Crippen molar-refractivity contribution in [3.8, 4) is 0 Å². The van der Waals surface area contributed by atoms with Gasteiger partial charge in [0, 0.05) is 16.5 Å². The Morgan fingerprint density at radius 3 is 2.75 bits per heavy atom. The Bertz CT molecular complexity index is 769. The first-order chi connectivity index (χ1) is 9.85. The molecule has 0 aliphatic carbocycles. The fourth-order valence-electron chi connectivity index (χ4n) is 2.18. The van der Waals surface area contributed by atoms with Crippen LogP contribution in [0.1, 0.15) is 11.1 Å². The second-order valence-electron chi connectivity index (χ2n) is 4.59. The Kier molecular flexibility index (Phi) is 3.35. The van der Waals surface area contributed by atoms with Crippen LogP contribution in [0.5, 0.6) is 0 Å². The summed E-state index contributed by atoms with van der Waals surface area (Å²) in [4.78, 5) is 2.77. The molecule has 5 nitrogen and oxygen atoms in total. The number of benzene rings is 2. The van der Waals surface area contributed by atoms with Crippen molar-refractivity contribution in [2.24, 2.45) is 5.11 Å². The Hall–Kier alpha value is -2.78. The van der Waals surface area contributed by atoms with Crippen molar-refractivity contribution in [3.63, 3.8) is 0 Å². The molecule has 0 saturated carbocycles. The SMILES string of the molecule is [N-]=[N+]=NCc1ccc2cn(Cc3ccccc3)nc2c1. The fraction of sp³-hybridized carbons (Fsp3) is 0.133. The highest BCUT2D eigenvalue weighted by atomic mass is 15.3. The van der Waals surface area contributed by atoms with E-state index in [0.717, 1.165) is 23.0 Å². The van der Waals surface area contributed by atoms with Crippen LogP contribution in [0.2, 0.25) is 0 Å². The Balaban J connectivity index is 1.88. The van der Waals surface area contributed by atoms with Crippen LogP contribution in [0.25, 0.3) is 21.3 Å². The van der Waals surface area contributed by atoms with Gasteiger partial charge in [-0.3, -0.25) is 4.68 Å². The number of rotatable bonds is 4. The lowest BCUT2D eigenvalue weighted by atomic mass is 10.2. The summed E-state index contributed by atoms with van der Waals surface area (Å²) < 4.78 is 1.93. The predicted octanol–water partition coefficient (Wildman–Crippen LogP) is 3.89. The molecule has 1 aromatic heterocycles. The fourth-order valence-corrected chi connectivity index (χ4v) is 2.18. The average molecular weight is 263 g/mol. The molecule has 1 heterocycles. The summed E-state index contributed by atoms with van der Waals surface area (Å²) in [6.07, 6.45) is 2.03. The number of aromatic nitrogens is 2. The minimum absolute atomic E-state index is 0.359. The van der Waals surface area contributed by atoms with Crippen LogP contribution < -0.4 is 0 Å². The van der Waals surface area contributed by atoms with E-state index in [2.05, 4.69) is 27.3 Å². The lowest BCUT2D eigenvalue weighted by Crippen LogP contribution is -1.99. The first kappa shape index (κ1) is 12.3. The minimum Gasteiger partial charge on any atom is -0.267 e. The molecule has 98 valence electrons. The van der Waals surface area contributed by atoms with E-state index in [4.69, 9.17) is 5.53 Å². The summed E-state index contributed by atoms with van der Waals surface area (Å²) >= 11 is 0. The molecular formula is C15H13N5. The number of nitrogens with zero attached hydrogens (tertiary/aromatic N) is 5. The van der Waals surface area contributed by atoms with Crippen molar-refractivity contribution in [3.05, 3.63) is 76.3 Å². The summed E-state index contributed by atoms with van der Waals surface area (Å²) in [5.74, 6) is 0. The molecule has 0 spiro atoms. The maximum absolute atomic E-state index is 8.35. The van der Waals surface area contributed by atoms with Gasteiger partial charge in [0.15, 0.2) is 0 Å². The van der Waals surface area contributed by atoms with Crippen molar-refractivity contribution in [2.75, 3.05) is 0 Å². The molecule has 0 fully saturated rings. The Morgan fingerprint density at radius 1 is 1.10 bits per heavy atom. The topological polar surface area (TPSA) is 66.6 Å². The molecule has 3 rings (SSSR count). The monoisotopic (exact) mass is 263 g/mol. The molecule has 0 amide bonds. The summed E-state index contributed by atoms with van der Waals surface area (Å²) in [6, 6.07) is 16.2. The van der Waals surface area contributed by atoms with Gasteiger partial charge in [-0.15, -0.1) is 0 Å².